The van der Waals surface area contributed by atoms with Gasteiger partial charge in [-0.3, -0.25) is 20.0 Å². The van der Waals surface area contributed by atoms with Crippen LogP contribution in [-0.2, 0) is 0 Å². The third-order valence-corrected chi connectivity index (χ3v) is 3.41. The molecule has 0 saturated heterocycles. The second-order valence-corrected chi connectivity index (χ2v) is 4.98. The second kappa shape index (κ2) is 5.76. The lowest BCUT2D eigenvalue weighted by atomic mass is 10.2. The summed E-state index contributed by atoms with van der Waals surface area (Å²) in [5.74, 6) is 0. The van der Waals surface area contributed by atoms with Crippen LogP contribution in [0.5, 0.6) is 0 Å². The van der Waals surface area contributed by atoms with Crippen molar-refractivity contribution < 1.29 is 4.92 Å². The molecule has 0 spiro atoms. The summed E-state index contributed by atoms with van der Waals surface area (Å²) in [5.41, 5.74) is 0.984. The summed E-state index contributed by atoms with van der Waals surface area (Å²) in [6.45, 7) is 3.84. The summed E-state index contributed by atoms with van der Waals surface area (Å²) < 4.78 is 1.39. The quantitative estimate of drug-likeness (QED) is 0.585. The molecule has 0 unspecified atom stereocenters. The van der Waals surface area contributed by atoms with Gasteiger partial charge in [-0.05, 0) is 23.8 Å². The van der Waals surface area contributed by atoms with Gasteiger partial charge in [-0.15, -0.1) is 0 Å². The highest BCUT2D eigenvalue weighted by atomic mass is 16.6. The number of H-pyrrole nitrogens is 1. The highest BCUT2D eigenvalue weighted by molar-refractivity contribution is 5.53. The maximum atomic E-state index is 12.5. The molecular formula is C17H13N3O3. The summed E-state index contributed by atoms with van der Waals surface area (Å²) in [6, 6.07) is 15.2. The number of rotatable bonds is 3. The van der Waals surface area contributed by atoms with Gasteiger partial charge in [-0.2, -0.15) is 0 Å². The molecule has 6 heteroatoms. The Morgan fingerprint density at radius 2 is 1.87 bits per heavy atom. The fraction of sp³-hybridized carbons (Fsp3) is 0. The number of nitrogens with one attached hydrogen (secondary N) is 1. The van der Waals surface area contributed by atoms with Crippen LogP contribution in [0.15, 0.2) is 59.4 Å². The number of non-ortho nitro benzene ring substituents is 1. The van der Waals surface area contributed by atoms with Gasteiger partial charge in [0.15, 0.2) is 0 Å². The smallest absolute Gasteiger partial charge is 0.279 e. The van der Waals surface area contributed by atoms with Crippen molar-refractivity contribution in [1.29, 1.82) is 0 Å². The monoisotopic (exact) mass is 307 g/mol. The Morgan fingerprint density at radius 3 is 2.57 bits per heavy atom. The van der Waals surface area contributed by atoms with Gasteiger partial charge in [0.1, 0.15) is 0 Å². The van der Waals surface area contributed by atoms with Crippen molar-refractivity contribution in [2.24, 2.45) is 0 Å². The van der Waals surface area contributed by atoms with E-state index in [4.69, 9.17) is 0 Å². The predicted octanol–water partition coefficient (Wildman–Crippen LogP) is 1.31. The molecule has 3 rings (SSSR count). The summed E-state index contributed by atoms with van der Waals surface area (Å²) in [7, 11) is 0. The predicted molar refractivity (Wildman–Crippen MR) is 87.8 cm³/mol. The average molecular weight is 307 g/mol. The Morgan fingerprint density at radius 1 is 1.13 bits per heavy atom. The number of nitro benzene ring substituents is 1. The fourth-order valence-electron chi connectivity index (χ4n) is 2.30. The lowest BCUT2D eigenvalue weighted by Gasteiger charge is -1.98. The van der Waals surface area contributed by atoms with Crippen molar-refractivity contribution in [2.75, 3.05) is 0 Å². The van der Waals surface area contributed by atoms with E-state index in [1.807, 2.05) is 18.2 Å². The maximum Gasteiger partial charge on any atom is 0.279 e. The topological polar surface area (TPSA) is 80.9 Å². The van der Waals surface area contributed by atoms with Crippen LogP contribution in [0, 0.1) is 10.1 Å². The summed E-state index contributed by atoms with van der Waals surface area (Å²) in [5, 5.41) is 14.6. The fourth-order valence-corrected chi connectivity index (χ4v) is 2.30. The van der Waals surface area contributed by atoms with Crippen molar-refractivity contribution in [1.82, 2.24) is 9.78 Å². The number of aromatic amines is 1. The van der Waals surface area contributed by atoms with Gasteiger partial charge >= 0.3 is 0 Å². The molecule has 3 aromatic rings. The zero-order valence-corrected chi connectivity index (χ0v) is 12.1. The minimum atomic E-state index is -0.470. The SMILES string of the molecule is C=c1[nH]n(-c2ccccc2)c(=O)/c1=C\c1cccc([N+](=O)[O-])c1. The molecule has 2 aromatic carbocycles. The van der Waals surface area contributed by atoms with Crippen LogP contribution in [0.4, 0.5) is 5.69 Å². The molecule has 0 saturated carbocycles. The zero-order valence-electron chi connectivity index (χ0n) is 12.1. The number of nitro groups is 1. The number of aromatic nitrogens is 2. The molecule has 1 heterocycles. The number of benzene rings is 2. The van der Waals surface area contributed by atoms with Gasteiger partial charge in [0.25, 0.3) is 11.2 Å². The Balaban J connectivity index is 2.17. The van der Waals surface area contributed by atoms with Gasteiger partial charge in [0.05, 0.1) is 21.2 Å². The molecular weight excluding hydrogens is 294 g/mol. The lowest BCUT2D eigenvalue weighted by molar-refractivity contribution is -0.384. The third kappa shape index (κ3) is 2.82. The van der Waals surface area contributed by atoms with Crippen molar-refractivity contribution >= 4 is 18.3 Å². The zero-order chi connectivity index (χ0) is 16.4. The average Bonchev–Trinajstić information content (AvgIpc) is 2.84. The first-order chi connectivity index (χ1) is 11.1. The lowest BCUT2D eigenvalue weighted by Crippen LogP contribution is -2.33. The van der Waals surface area contributed by atoms with Gasteiger partial charge in [-0.25, -0.2) is 4.68 Å². The largest absolute Gasteiger partial charge is 0.291 e. The van der Waals surface area contributed by atoms with Crippen molar-refractivity contribution in [3.05, 3.63) is 91.2 Å². The van der Waals surface area contributed by atoms with E-state index in [0.717, 1.165) is 0 Å². The third-order valence-electron chi connectivity index (χ3n) is 3.41. The summed E-state index contributed by atoms with van der Waals surface area (Å²) in [4.78, 5) is 22.9. The first-order valence-corrected chi connectivity index (χ1v) is 6.88. The van der Waals surface area contributed by atoms with Crippen LogP contribution in [0.2, 0.25) is 0 Å². The van der Waals surface area contributed by atoms with Crippen LogP contribution >= 0.6 is 0 Å². The highest BCUT2D eigenvalue weighted by Crippen LogP contribution is 2.13. The first kappa shape index (κ1) is 14.5. The van der Waals surface area contributed by atoms with E-state index in [1.54, 1.807) is 30.3 Å². The van der Waals surface area contributed by atoms with E-state index >= 15 is 0 Å². The molecule has 0 aliphatic carbocycles. The van der Waals surface area contributed by atoms with Gasteiger partial charge in [0, 0.05) is 12.1 Å². The molecule has 6 nitrogen and oxygen atoms in total. The summed E-state index contributed by atoms with van der Waals surface area (Å²) in [6.07, 6.45) is 1.59. The molecule has 1 aromatic heterocycles. The van der Waals surface area contributed by atoms with Crippen LogP contribution in [-0.4, -0.2) is 14.7 Å². The van der Waals surface area contributed by atoms with E-state index in [2.05, 4.69) is 11.7 Å². The molecule has 23 heavy (non-hydrogen) atoms. The minimum absolute atomic E-state index is 0.0247. The van der Waals surface area contributed by atoms with E-state index in [-0.39, 0.29) is 11.2 Å². The van der Waals surface area contributed by atoms with Gasteiger partial charge in [0.2, 0.25) is 0 Å². The van der Waals surface area contributed by atoms with Crippen molar-refractivity contribution in [3.8, 4) is 5.69 Å². The molecule has 0 radical (unpaired) electrons. The molecule has 0 amide bonds. The maximum absolute atomic E-state index is 12.5. The molecule has 0 aliphatic heterocycles. The van der Waals surface area contributed by atoms with Crippen LogP contribution in [0.25, 0.3) is 18.3 Å². The van der Waals surface area contributed by atoms with E-state index in [9.17, 15) is 14.9 Å². The van der Waals surface area contributed by atoms with Gasteiger partial charge in [-0.1, -0.05) is 36.9 Å². The Hall–Kier alpha value is -3.41. The normalized spacial score (nSPS) is 11.6. The van der Waals surface area contributed by atoms with Crippen molar-refractivity contribution in [3.63, 3.8) is 0 Å². The minimum Gasteiger partial charge on any atom is -0.291 e. The molecule has 0 aliphatic rings. The van der Waals surface area contributed by atoms with Crippen LogP contribution in [0.3, 0.4) is 0 Å². The first-order valence-electron chi connectivity index (χ1n) is 6.88. The second-order valence-electron chi connectivity index (χ2n) is 4.98. The van der Waals surface area contributed by atoms with Crippen LogP contribution < -0.4 is 16.1 Å². The van der Waals surface area contributed by atoms with Gasteiger partial charge < -0.3 is 0 Å². The molecule has 0 fully saturated rings. The Labute approximate surface area is 130 Å². The Kier molecular flexibility index (Phi) is 3.64. The summed E-state index contributed by atoms with van der Waals surface area (Å²) >= 11 is 0. The highest BCUT2D eigenvalue weighted by Gasteiger charge is 2.07. The molecule has 1 N–H and O–H groups in total. The molecule has 0 bridgehead atoms. The number of para-hydroxylation sites is 1. The van der Waals surface area contributed by atoms with Crippen LogP contribution in [0.1, 0.15) is 5.56 Å². The molecule has 0 atom stereocenters. The number of nitrogens with zero attached hydrogens (tertiary/aromatic N) is 2. The van der Waals surface area contributed by atoms with Crippen molar-refractivity contribution in [2.45, 2.75) is 0 Å². The number of hydrogen-bond acceptors (Lipinski definition) is 3. The number of hydrogen-bond donors (Lipinski definition) is 1. The van der Waals surface area contributed by atoms with E-state index in [1.165, 1.54) is 16.8 Å². The standard InChI is InChI=1S/C17H13N3O3/c1-12-16(11-13-6-5-9-15(10-13)20(22)23)17(21)19(18-12)14-7-3-2-4-8-14/h2-11,18H,1H2/b16-11-. The molecule has 114 valence electrons. The Bertz CT molecular complexity index is 1030. The van der Waals surface area contributed by atoms with E-state index < -0.39 is 4.92 Å². The van der Waals surface area contributed by atoms with E-state index in [0.29, 0.717) is 21.8 Å².